The molecule has 1 aliphatic rings. The van der Waals surface area contributed by atoms with Crippen molar-refractivity contribution in [3.8, 4) is 0 Å². The van der Waals surface area contributed by atoms with Gasteiger partial charge in [-0.25, -0.2) is 0 Å². The van der Waals surface area contributed by atoms with Crippen molar-refractivity contribution >= 4 is 25.5 Å². The van der Waals surface area contributed by atoms with Gasteiger partial charge < -0.3 is 39.5 Å². The molecule has 0 saturated carbocycles. The summed E-state index contributed by atoms with van der Waals surface area (Å²) in [4.78, 5) is 27.7. The predicted octanol–water partition coefficient (Wildman–Crippen LogP) is -3.79. The molecule has 1 fully saturated rings. The minimum Gasteiger partial charge on any atom is -1.00 e. The Hall–Kier alpha value is -0.918. The molecule has 1 rings (SSSR count). The number of carbonyl (C=O) groups is 2. The summed E-state index contributed by atoms with van der Waals surface area (Å²) in [5.41, 5.74) is 10.4. The Balaban J connectivity index is -0.000000306. The number of amides is 2. The minimum absolute atomic E-state index is 0. The first kappa shape index (κ1) is 38.4. The van der Waals surface area contributed by atoms with Crippen LogP contribution in [0.15, 0.2) is 0 Å². The molecule has 0 spiro atoms. The largest absolute Gasteiger partial charge is 6.00 e. The maximum Gasteiger partial charge on any atom is 6.00 e. The molecule has 19 heteroatoms. The minimum atomic E-state index is -10.7. The number of hydrogen-bond acceptors (Lipinski definition) is 8. The van der Waals surface area contributed by atoms with Crippen LogP contribution >= 0.6 is 7.81 Å². The van der Waals surface area contributed by atoms with Gasteiger partial charge in [-0.1, -0.05) is 0 Å². The third-order valence-corrected chi connectivity index (χ3v) is 3.32. The normalized spacial score (nSPS) is 18.0. The number of nitrogens with zero attached hydrogens (tertiary/aromatic N) is 3. The first-order chi connectivity index (χ1) is 13.3. The van der Waals surface area contributed by atoms with Crippen LogP contribution in [-0.4, -0.2) is 104 Å². The molecule has 0 aliphatic carbocycles. The Morgan fingerprint density at radius 1 is 0.812 bits per heavy atom. The van der Waals surface area contributed by atoms with Gasteiger partial charge in [-0.05, 0) is 5.90 Å². The van der Waals surface area contributed by atoms with Crippen molar-refractivity contribution < 1.29 is 74.8 Å². The fourth-order valence-corrected chi connectivity index (χ4v) is 2.30. The molecule has 6 N–H and O–H groups in total. The van der Waals surface area contributed by atoms with Crippen LogP contribution in [0.3, 0.4) is 0 Å². The van der Waals surface area contributed by atoms with Crippen molar-refractivity contribution in [3.63, 3.8) is 0 Å². The molecule has 0 unspecified atom stereocenters. The Kier molecular flexibility index (Phi) is 18.1. The first-order valence-electron chi connectivity index (χ1n) is 8.31. The van der Waals surface area contributed by atoms with E-state index >= 15 is 0 Å². The Labute approximate surface area is 198 Å². The van der Waals surface area contributed by atoms with Gasteiger partial charge in [0.1, 0.15) is 0 Å². The van der Waals surface area contributed by atoms with Crippen molar-refractivity contribution in [2.45, 2.75) is 0 Å². The van der Waals surface area contributed by atoms with E-state index in [9.17, 15) is 39.9 Å². The van der Waals surface area contributed by atoms with E-state index in [0.29, 0.717) is 39.3 Å². The molecule has 1 heterocycles. The molecular formula is C13H27ClCrF6N6O4P+3. The summed E-state index contributed by atoms with van der Waals surface area (Å²) in [5.74, 6) is -1.49. The average Bonchev–Trinajstić information content (AvgIpc) is 2.58. The summed E-state index contributed by atoms with van der Waals surface area (Å²) in [6, 6.07) is 0. The molecular weight excluding hydrogens is 537 g/mol. The second-order valence-corrected chi connectivity index (χ2v) is 8.06. The molecule has 10 nitrogen and oxygen atoms in total. The maximum absolute atomic E-state index is 11.1. The SMILES string of the molecule is CO.F[P-](F)(F)(F)(F)F.N=C([O-])CN1CCN(CC(N)=O)CCN(CC(N)=O)CC1.[Cl-].[Cr+6]. The third kappa shape index (κ3) is 33.7. The van der Waals surface area contributed by atoms with Gasteiger partial charge in [0.05, 0.1) is 13.1 Å². The number of nitrogens with two attached hydrogens (primary N) is 2. The number of aliphatic hydroxyl groups excluding tert-OH is 1. The van der Waals surface area contributed by atoms with Crippen LogP contribution in [0.4, 0.5) is 25.2 Å². The van der Waals surface area contributed by atoms with E-state index in [1.807, 2.05) is 14.7 Å². The quantitative estimate of drug-likeness (QED) is 0.111. The molecule has 1 saturated heterocycles. The van der Waals surface area contributed by atoms with Crippen LogP contribution in [0.1, 0.15) is 0 Å². The fraction of sp³-hybridized carbons (Fsp3) is 0.769. The van der Waals surface area contributed by atoms with E-state index in [1.165, 1.54) is 0 Å². The number of primary amides is 2. The Morgan fingerprint density at radius 3 is 1.16 bits per heavy atom. The molecule has 0 bridgehead atoms. The standard InChI is InChI=1S/C12H24N6O3.CH4O.ClH.Cr.F6P/c13-10(19)7-16-1-2-17(8-11(14)20)5-6-18(4-3-16)9-12(15)21;1-2;;;1-7(2,3,4,5)6/h1-9H2,(H2,13,19)(H2,14,20)(H2,15,21);2H,1H3;1H;;/q;;;+6;-1/p-2. The van der Waals surface area contributed by atoms with Crippen molar-refractivity contribution in [3.05, 3.63) is 0 Å². The van der Waals surface area contributed by atoms with Crippen LogP contribution in [0.25, 0.3) is 0 Å². The van der Waals surface area contributed by atoms with E-state index in [4.69, 9.17) is 22.0 Å². The van der Waals surface area contributed by atoms with Crippen molar-refractivity contribution in [1.82, 2.24) is 14.7 Å². The van der Waals surface area contributed by atoms with Gasteiger partial charge in [-0.2, -0.15) is 0 Å². The summed E-state index contributed by atoms with van der Waals surface area (Å²) < 4.78 is 59.2. The van der Waals surface area contributed by atoms with Crippen molar-refractivity contribution in [2.75, 3.05) is 66.0 Å². The number of carbonyl (C=O) groups excluding carboxylic acids is 2. The van der Waals surface area contributed by atoms with Crippen LogP contribution < -0.4 is 29.0 Å². The van der Waals surface area contributed by atoms with Gasteiger partial charge in [0.2, 0.25) is 11.8 Å². The number of aliphatic hydroxyl groups is 1. The number of hydrogen-bond donors (Lipinski definition) is 4. The fourth-order valence-electron chi connectivity index (χ4n) is 2.30. The second-order valence-electron chi connectivity index (χ2n) is 6.14. The smallest absolute Gasteiger partial charge is 1.00 e. The molecule has 190 valence electrons. The van der Waals surface area contributed by atoms with Crippen LogP contribution in [-0.2, 0) is 27.0 Å². The summed E-state index contributed by atoms with van der Waals surface area (Å²) in [5, 5.41) is 25.0. The van der Waals surface area contributed by atoms with Gasteiger partial charge >= 0.3 is 50.4 Å². The molecule has 2 amide bonds. The summed E-state index contributed by atoms with van der Waals surface area (Å²) in [6.07, 6.45) is 0. The Morgan fingerprint density at radius 2 is 1.00 bits per heavy atom. The van der Waals surface area contributed by atoms with E-state index in [1.54, 1.807) is 0 Å². The van der Waals surface area contributed by atoms with Crippen LogP contribution in [0.5, 0.6) is 0 Å². The summed E-state index contributed by atoms with van der Waals surface area (Å²) in [7, 11) is -9.66. The predicted molar refractivity (Wildman–Crippen MR) is 97.1 cm³/mol. The van der Waals surface area contributed by atoms with Gasteiger partial charge in [-0.3, -0.25) is 24.3 Å². The zero-order valence-electron chi connectivity index (χ0n) is 17.0. The molecule has 1 aliphatic heterocycles. The molecule has 0 aromatic heterocycles. The van der Waals surface area contributed by atoms with Crippen molar-refractivity contribution in [1.29, 1.82) is 5.41 Å². The molecule has 0 aromatic rings. The Bertz CT molecular complexity index is 512. The monoisotopic (exact) mass is 563 g/mol. The molecule has 32 heavy (non-hydrogen) atoms. The zero-order chi connectivity index (χ0) is 24.2. The van der Waals surface area contributed by atoms with E-state index < -0.39 is 25.5 Å². The average molecular weight is 564 g/mol. The topological polar surface area (TPSA) is 163 Å². The first-order valence-corrected chi connectivity index (χ1v) is 10.3. The van der Waals surface area contributed by atoms with E-state index in [-0.39, 0.29) is 49.4 Å². The van der Waals surface area contributed by atoms with Crippen molar-refractivity contribution in [2.24, 2.45) is 11.5 Å². The van der Waals surface area contributed by atoms with E-state index in [0.717, 1.165) is 7.11 Å². The molecule has 0 aromatic carbocycles. The molecule has 0 radical (unpaired) electrons. The zero-order valence-corrected chi connectivity index (χ0v) is 20.0. The van der Waals surface area contributed by atoms with Crippen LogP contribution in [0.2, 0.25) is 0 Å². The third-order valence-electron chi connectivity index (χ3n) is 3.32. The number of nitrogens with one attached hydrogen (secondary N) is 1. The van der Waals surface area contributed by atoms with Crippen LogP contribution in [0, 0.1) is 5.41 Å². The van der Waals surface area contributed by atoms with E-state index in [2.05, 4.69) is 0 Å². The van der Waals surface area contributed by atoms with Gasteiger partial charge in [0, 0.05) is 52.9 Å². The number of halogens is 7. The number of rotatable bonds is 6. The van der Waals surface area contributed by atoms with Gasteiger partial charge in [0.15, 0.2) is 0 Å². The summed E-state index contributed by atoms with van der Waals surface area (Å²) in [6.45, 7) is 3.80. The molecule has 0 atom stereocenters. The second kappa shape index (κ2) is 15.1. The summed E-state index contributed by atoms with van der Waals surface area (Å²) >= 11 is 0. The maximum atomic E-state index is 11.1. The van der Waals surface area contributed by atoms with Gasteiger partial charge in [0.25, 0.3) is 0 Å². The van der Waals surface area contributed by atoms with Gasteiger partial charge in [-0.15, -0.1) is 0 Å².